The zero-order valence-electron chi connectivity index (χ0n) is 11.6. The van der Waals surface area contributed by atoms with Crippen molar-refractivity contribution in [3.8, 4) is 5.69 Å². The van der Waals surface area contributed by atoms with Crippen LogP contribution in [0.3, 0.4) is 0 Å². The predicted octanol–water partition coefficient (Wildman–Crippen LogP) is 2.73. The highest BCUT2D eigenvalue weighted by molar-refractivity contribution is 7.97. The minimum Gasteiger partial charge on any atom is -0.463 e. The zero-order chi connectivity index (χ0) is 14.5. The number of nitrogens with zero attached hydrogens (tertiary/aromatic N) is 4. The van der Waals surface area contributed by atoms with Crippen LogP contribution in [0, 0.1) is 0 Å². The van der Waals surface area contributed by atoms with E-state index in [0.717, 1.165) is 28.6 Å². The number of thioether (sulfide) groups is 1. The molecule has 2 heterocycles. The number of hydrogen-bond acceptors (Lipinski definition) is 6. The summed E-state index contributed by atoms with van der Waals surface area (Å²) >= 11 is 1.75. The van der Waals surface area contributed by atoms with E-state index in [2.05, 4.69) is 27.1 Å². The molecule has 0 spiro atoms. The standard InChI is InChI=1S/C14H15N5OS/c1-21-9-14-7-6-13(20-14)8-15-11-2-4-12(5-3-11)19-10-16-17-18-19/h2-7,10,15H,8-9H2,1H3. The number of rotatable bonds is 6. The van der Waals surface area contributed by atoms with E-state index in [0.29, 0.717) is 6.54 Å². The first-order valence-corrected chi connectivity index (χ1v) is 7.88. The van der Waals surface area contributed by atoms with Gasteiger partial charge in [0, 0.05) is 5.69 Å². The third kappa shape index (κ3) is 3.43. The van der Waals surface area contributed by atoms with E-state index in [1.807, 2.05) is 36.4 Å². The number of aromatic nitrogens is 4. The van der Waals surface area contributed by atoms with Gasteiger partial charge < -0.3 is 9.73 Å². The highest BCUT2D eigenvalue weighted by Gasteiger charge is 2.02. The summed E-state index contributed by atoms with van der Waals surface area (Å²) in [6.45, 7) is 0.665. The smallest absolute Gasteiger partial charge is 0.143 e. The van der Waals surface area contributed by atoms with Crippen molar-refractivity contribution in [1.29, 1.82) is 0 Å². The monoisotopic (exact) mass is 301 g/mol. The molecule has 0 amide bonds. The van der Waals surface area contributed by atoms with Crippen molar-refractivity contribution in [3.05, 3.63) is 54.2 Å². The molecule has 3 aromatic rings. The molecule has 1 N–H and O–H groups in total. The van der Waals surface area contributed by atoms with Gasteiger partial charge in [-0.1, -0.05) is 0 Å². The molecule has 0 aliphatic rings. The maximum Gasteiger partial charge on any atom is 0.143 e. The molecule has 0 aliphatic carbocycles. The Hall–Kier alpha value is -2.28. The maximum absolute atomic E-state index is 5.71. The fraction of sp³-hybridized carbons (Fsp3) is 0.214. The van der Waals surface area contributed by atoms with Crippen molar-refractivity contribution < 1.29 is 4.42 Å². The van der Waals surface area contributed by atoms with Crippen LogP contribution < -0.4 is 5.32 Å². The lowest BCUT2D eigenvalue weighted by Crippen LogP contribution is -1.99. The van der Waals surface area contributed by atoms with Gasteiger partial charge in [0.05, 0.1) is 18.0 Å². The number of hydrogen-bond donors (Lipinski definition) is 1. The summed E-state index contributed by atoms with van der Waals surface area (Å²) in [6.07, 6.45) is 3.63. The number of nitrogens with one attached hydrogen (secondary N) is 1. The van der Waals surface area contributed by atoms with Crippen LogP contribution in [-0.2, 0) is 12.3 Å². The van der Waals surface area contributed by atoms with Crippen LogP contribution in [0.15, 0.2) is 47.1 Å². The molecule has 0 fully saturated rings. The molecule has 2 aromatic heterocycles. The second kappa shape index (κ2) is 6.45. The summed E-state index contributed by atoms with van der Waals surface area (Å²) in [4.78, 5) is 0. The molecular weight excluding hydrogens is 286 g/mol. The lowest BCUT2D eigenvalue weighted by atomic mass is 10.3. The molecule has 7 heteroatoms. The van der Waals surface area contributed by atoms with Crippen LogP contribution >= 0.6 is 11.8 Å². The van der Waals surface area contributed by atoms with Crippen molar-refractivity contribution in [3.63, 3.8) is 0 Å². The van der Waals surface area contributed by atoms with E-state index in [1.54, 1.807) is 22.8 Å². The molecule has 0 aliphatic heterocycles. The molecule has 0 radical (unpaired) electrons. The fourth-order valence-electron chi connectivity index (χ4n) is 1.94. The fourth-order valence-corrected chi connectivity index (χ4v) is 2.38. The van der Waals surface area contributed by atoms with E-state index in [4.69, 9.17) is 4.42 Å². The van der Waals surface area contributed by atoms with Gasteiger partial charge in [0.2, 0.25) is 0 Å². The first-order valence-electron chi connectivity index (χ1n) is 6.49. The van der Waals surface area contributed by atoms with Crippen molar-refractivity contribution in [1.82, 2.24) is 20.2 Å². The second-order valence-electron chi connectivity index (χ2n) is 4.46. The van der Waals surface area contributed by atoms with E-state index >= 15 is 0 Å². The van der Waals surface area contributed by atoms with Gasteiger partial charge in [-0.2, -0.15) is 11.8 Å². The van der Waals surface area contributed by atoms with Gasteiger partial charge in [0.25, 0.3) is 0 Å². The number of benzene rings is 1. The topological polar surface area (TPSA) is 68.8 Å². The van der Waals surface area contributed by atoms with Gasteiger partial charge in [-0.25, -0.2) is 4.68 Å². The van der Waals surface area contributed by atoms with Crippen LogP contribution in [0.5, 0.6) is 0 Å². The Kier molecular flexibility index (Phi) is 4.20. The Morgan fingerprint density at radius 1 is 1.14 bits per heavy atom. The Balaban J connectivity index is 1.60. The van der Waals surface area contributed by atoms with Crippen molar-refractivity contribution in [2.24, 2.45) is 0 Å². The van der Waals surface area contributed by atoms with E-state index in [9.17, 15) is 0 Å². The van der Waals surface area contributed by atoms with E-state index < -0.39 is 0 Å². The molecule has 108 valence electrons. The van der Waals surface area contributed by atoms with Gasteiger partial charge in [0.1, 0.15) is 17.8 Å². The predicted molar refractivity (Wildman–Crippen MR) is 82.4 cm³/mol. The van der Waals surface area contributed by atoms with Crippen molar-refractivity contribution in [2.75, 3.05) is 11.6 Å². The molecular formula is C14H15N5OS. The summed E-state index contributed by atoms with van der Waals surface area (Å²) in [6, 6.07) is 11.9. The van der Waals surface area contributed by atoms with E-state index in [-0.39, 0.29) is 0 Å². The second-order valence-corrected chi connectivity index (χ2v) is 5.32. The van der Waals surface area contributed by atoms with Crippen LogP contribution in [0.2, 0.25) is 0 Å². The van der Waals surface area contributed by atoms with Gasteiger partial charge >= 0.3 is 0 Å². The van der Waals surface area contributed by atoms with Crippen LogP contribution in [0.4, 0.5) is 5.69 Å². The average molecular weight is 301 g/mol. The van der Waals surface area contributed by atoms with Crippen LogP contribution in [0.1, 0.15) is 11.5 Å². The Bertz CT molecular complexity index is 678. The first-order chi connectivity index (χ1) is 10.3. The number of anilines is 1. The number of tetrazole rings is 1. The van der Waals surface area contributed by atoms with Gasteiger partial charge in [-0.3, -0.25) is 0 Å². The number of furan rings is 1. The van der Waals surface area contributed by atoms with E-state index in [1.165, 1.54) is 0 Å². The first kappa shape index (κ1) is 13.7. The van der Waals surface area contributed by atoms with Gasteiger partial charge in [-0.05, 0) is 53.1 Å². The minimum atomic E-state index is 0.665. The lowest BCUT2D eigenvalue weighted by Gasteiger charge is -2.05. The highest BCUT2D eigenvalue weighted by atomic mass is 32.2. The van der Waals surface area contributed by atoms with Crippen LogP contribution in [-0.4, -0.2) is 26.5 Å². The third-order valence-electron chi connectivity index (χ3n) is 2.95. The van der Waals surface area contributed by atoms with Gasteiger partial charge in [-0.15, -0.1) is 5.10 Å². The highest BCUT2D eigenvalue weighted by Crippen LogP contribution is 2.16. The van der Waals surface area contributed by atoms with Gasteiger partial charge in [0.15, 0.2) is 0 Å². The zero-order valence-corrected chi connectivity index (χ0v) is 12.4. The minimum absolute atomic E-state index is 0.665. The lowest BCUT2D eigenvalue weighted by molar-refractivity contribution is 0.487. The molecule has 21 heavy (non-hydrogen) atoms. The SMILES string of the molecule is CSCc1ccc(CNc2ccc(-n3cnnn3)cc2)o1. The van der Waals surface area contributed by atoms with Crippen LogP contribution in [0.25, 0.3) is 5.69 Å². The molecule has 0 saturated heterocycles. The van der Waals surface area contributed by atoms with Crippen molar-refractivity contribution >= 4 is 17.4 Å². The summed E-state index contributed by atoms with van der Waals surface area (Å²) in [7, 11) is 0. The maximum atomic E-state index is 5.71. The third-order valence-corrected chi connectivity index (χ3v) is 3.52. The quantitative estimate of drug-likeness (QED) is 0.755. The van der Waals surface area contributed by atoms with Crippen molar-refractivity contribution in [2.45, 2.75) is 12.3 Å². The molecule has 0 unspecified atom stereocenters. The molecule has 6 nitrogen and oxygen atoms in total. The molecule has 0 saturated carbocycles. The Labute approximate surface area is 126 Å². The molecule has 1 aromatic carbocycles. The summed E-state index contributed by atoms with van der Waals surface area (Å²) in [5, 5.41) is 14.4. The Morgan fingerprint density at radius 3 is 2.67 bits per heavy atom. The summed E-state index contributed by atoms with van der Waals surface area (Å²) < 4.78 is 7.33. The molecule has 3 rings (SSSR count). The normalized spacial score (nSPS) is 10.7. The summed E-state index contributed by atoms with van der Waals surface area (Å²) in [5.74, 6) is 2.85. The summed E-state index contributed by atoms with van der Waals surface area (Å²) in [5.41, 5.74) is 1.94. The largest absolute Gasteiger partial charge is 0.463 e. The molecule has 0 bridgehead atoms. The average Bonchev–Trinajstić information content (AvgIpc) is 3.18. The molecule has 0 atom stereocenters. The Morgan fingerprint density at radius 2 is 1.95 bits per heavy atom.